The van der Waals surface area contributed by atoms with Gasteiger partial charge in [0.2, 0.25) is 0 Å². The zero-order valence-electron chi connectivity index (χ0n) is 8.61. The fourth-order valence-electron chi connectivity index (χ4n) is 1.29. The highest BCUT2D eigenvalue weighted by Crippen LogP contribution is 2.16. The summed E-state index contributed by atoms with van der Waals surface area (Å²) in [4.78, 5) is 3.94. The molecule has 2 rings (SSSR count). The number of rotatable bonds is 3. The molecule has 0 aliphatic heterocycles. The van der Waals surface area contributed by atoms with Gasteiger partial charge in [-0.3, -0.25) is 4.68 Å². The minimum atomic E-state index is -0.378. The summed E-state index contributed by atoms with van der Waals surface area (Å²) in [6.07, 6.45) is 3.25. The minimum absolute atomic E-state index is 0.240. The van der Waals surface area contributed by atoms with E-state index in [0.29, 0.717) is 11.0 Å². The van der Waals surface area contributed by atoms with Crippen molar-refractivity contribution in [1.29, 1.82) is 0 Å². The first kappa shape index (κ1) is 11.1. The number of pyridine rings is 1. The van der Waals surface area contributed by atoms with Crippen molar-refractivity contribution in [2.24, 2.45) is 7.05 Å². The Bertz CT molecular complexity index is 497. The summed E-state index contributed by atoms with van der Waals surface area (Å²) in [6, 6.07) is 3.24. The lowest BCUT2D eigenvalue weighted by Gasteiger charge is -2.06. The molecule has 0 radical (unpaired) electrons. The number of hydrogen-bond acceptors (Lipinski definition) is 3. The molecule has 0 amide bonds. The average Bonchev–Trinajstić information content (AvgIpc) is 2.63. The molecule has 0 fully saturated rings. The van der Waals surface area contributed by atoms with Gasteiger partial charge in [-0.15, -0.1) is 0 Å². The average molecular weight is 285 g/mol. The van der Waals surface area contributed by atoms with Crippen molar-refractivity contribution in [2.75, 3.05) is 5.32 Å². The molecule has 0 saturated carbocycles. The van der Waals surface area contributed by atoms with Crippen LogP contribution in [-0.4, -0.2) is 14.8 Å². The van der Waals surface area contributed by atoms with Gasteiger partial charge in [-0.05, 0) is 28.1 Å². The molecule has 2 aromatic heterocycles. The molecule has 0 aliphatic rings. The van der Waals surface area contributed by atoms with Gasteiger partial charge in [-0.1, -0.05) is 0 Å². The van der Waals surface area contributed by atoms with E-state index in [1.54, 1.807) is 17.1 Å². The maximum atomic E-state index is 13.4. The molecule has 0 aliphatic carbocycles. The lowest BCUT2D eigenvalue weighted by Crippen LogP contribution is -2.07. The van der Waals surface area contributed by atoms with E-state index in [2.05, 4.69) is 31.3 Å². The second-order valence-corrected chi connectivity index (χ2v) is 4.20. The van der Waals surface area contributed by atoms with Gasteiger partial charge in [-0.2, -0.15) is 5.10 Å². The van der Waals surface area contributed by atoms with Crippen molar-refractivity contribution in [3.05, 3.63) is 40.5 Å². The number of aromatic nitrogens is 3. The van der Waals surface area contributed by atoms with E-state index in [1.807, 2.05) is 13.1 Å². The standard InChI is InChI=1S/C10H10BrFN4/c1-16-8(2-3-15-16)6-14-10-9(12)4-7(11)5-13-10/h2-5H,6H2,1H3,(H,13,14). The smallest absolute Gasteiger partial charge is 0.166 e. The topological polar surface area (TPSA) is 42.7 Å². The SMILES string of the molecule is Cn1nccc1CNc1ncc(Br)cc1F. The Labute approximate surface area is 101 Å². The molecule has 0 bridgehead atoms. The predicted octanol–water partition coefficient (Wildman–Crippen LogP) is 2.33. The fraction of sp³-hybridized carbons (Fsp3) is 0.200. The summed E-state index contributed by atoms with van der Waals surface area (Å²) in [5.41, 5.74) is 0.962. The van der Waals surface area contributed by atoms with Gasteiger partial charge in [-0.25, -0.2) is 9.37 Å². The van der Waals surface area contributed by atoms with E-state index < -0.39 is 0 Å². The monoisotopic (exact) mass is 284 g/mol. The van der Waals surface area contributed by atoms with Gasteiger partial charge < -0.3 is 5.32 Å². The molecule has 84 valence electrons. The van der Waals surface area contributed by atoms with Crippen LogP contribution in [0.5, 0.6) is 0 Å². The van der Waals surface area contributed by atoms with Crippen LogP contribution in [0.2, 0.25) is 0 Å². The third-order valence-corrected chi connectivity index (χ3v) is 2.60. The maximum Gasteiger partial charge on any atom is 0.166 e. The molecule has 0 spiro atoms. The number of nitrogens with one attached hydrogen (secondary N) is 1. The number of aryl methyl sites for hydroxylation is 1. The molecule has 0 atom stereocenters. The van der Waals surface area contributed by atoms with E-state index in [1.165, 1.54) is 6.07 Å². The van der Waals surface area contributed by atoms with E-state index in [4.69, 9.17) is 0 Å². The summed E-state index contributed by atoms with van der Waals surface area (Å²) in [5.74, 6) is -0.138. The highest BCUT2D eigenvalue weighted by molar-refractivity contribution is 9.10. The number of hydrogen-bond donors (Lipinski definition) is 1. The molecule has 2 aromatic rings. The van der Waals surface area contributed by atoms with Crippen LogP contribution in [0.4, 0.5) is 10.2 Å². The van der Waals surface area contributed by atoms with E-state index in [0.717, 1.165) is 5.69 Å². The first-order valence-corrected chi connectivity index (χ1v) is 5.48. The summed E-state index contributed by atoms with van der Waals surface area (Å²) < 4.78 is 15.7. The van der Waals surface area contributed by atoms with Crippen LogP contribution < -0.4 is 5.32 Å². The molecular weight excluding hydrogens is 275 g/mol. The largest absolute Gasteiger partial charge is 0.362 e. The maximum absolute atomic E-state index is 13.4. The number of nitrogens with zero attached hydrogens (tertiary/aromatic N) is 3. The molecule has 0 saturated heterocycles. The summed E-state index contributed by atoms with van der Waals surface area (Å²) in [5, 5.41) is 6.94. The first-order valence-electron chi connectivity index (χ1n) is 4.68. The third-order valence-electron chi connectivity index (χ3n) is 2.17. The third kappa shape index (κ3) is 2.38. The van der Waals surface area contributed by atoms with Crippen molar-refractivity contribution in [3.8, 4) is 0 Å². The zero-order chi connectivity index (χ0) is 11.5. The Kier molecular flexibility index (Phi) is 3.19. The van der Waals surface area contributed by atoms with Crippen LogP contribution in [0.1, 0.15) is 5.69 Å². The van der Waals surface area contributed by atoms with Gasteiger partial charge in [0, 0.05) is 23.9 Å². The fourth-order valence-corrected chi connectivity index (χ4v) is 1.60. The van der Waals surface area contributed by atoms with Crippen LogP contribution in [0.15, 0.2) is 29.0 Å². The zero-order valence-corrected chi connectivity index (χ0v) is 10.2. The lowest BCUT2D eigenvalue weighted by atomic mass is 10.4. The summed E-state index contributed by atoms with van der Waals surface area (Å²) >= 11 is 3.15. The Morgan fingerprint density at radius 2 is 2.38 bits per heavy atom. The second-order valence-electron chi connectivity index (χ2n) is 3.28. The summed E-state index contributed by atoms with van der Waals surface area (Å²) in [6.45, 7) is 0.488. The second kappa shape index (κ2) is 4.61. The predicted molar refractivity (Wildman–Crippen MR) is 62.4 cm³/mol. The number of anilines is 1. The molecule has 1 N–H and O–H groups in total. The van der Waals surface area contributed by atoms with Crippen molar-refractivity contribution in [2.45, 2.75) is 6.54 Å². The molecule has 0 aromatic carbocycles. The van der Waals surface area contributed by atoms with Gasteiger partial charge in [0.15, 0.2) is 11.6 Å². The van der Waals surface area contributed by atoms with Crippen molar-refractivity contribution < 1.29 is 4.39 Å². The minimum Gasteiger partial charge on any atom is -0.362 e. The molecule has 4 nitrogen and oxygen atoms in total. The van der Waals surface area contributed by atoms with Crippen molar-refractivity contribution in [3.63, 3.8) is 0 Å². The Hall–Kier alpha value is -1.43. The normalized spacial score (nSPS) is 10.4. The Morgan fingerprint density at radius 1 is 1.56 bits per heavy atom. The molecule has 16 heavy (non-hydrogen) atoms. The van der Waals surface area contributed by atoms with Gasteiger partial charge in [0.1, 0.15) is 0 Å². The van der Waals surface area contributed by atoms with Crippen LogP contribution >= 0.6 is 15.9 Å². The highest BCUT2D eigenvalue weighted by atomic mass is 79.9. The molecule has 2 heterocycles. The molecule has 0 unspecified atom stereocenters. The molecular formula is C10H10BrFN4. The van der Waals surface area contributed by atoms with Crippen molar-refractivity contribution >= 4 is 21.7 Å². The van der Waals surface area contributed by atoms with Crippen LogP contribution in [-0.2, 0) is 13.6 Å². The van der Waals surface area contributed by atoms with E-state index >= 15 is 0 Å². The van der Waals surface area contributed by atoms with E-state index in [9.17, 15) is 4.39 Å². The summed E-state index contributed by atoms with van der Waals surface area (Å²) in [7, 11) is 1.84. The number of halogens is 2. The van der Waals surface area contributed by atoms with Crippen LogP contribution in [0.25, 0.3) is 0 Å². The first-order chi connectivity index (χ1) is 7.66. The van der Waals surface area contributed by atoms with Gasteiger partial charge in [0.05, 0.1) is 12.2 Å². The Balaban J connectivity index is 2.08. The van der Waals surface area contributed by atoms with Gasteiger partial charge >= 0.3 is 0 Å². The Morgan fingerprint density at radius 3 is 3.00 bits per heavy atom. The van der Waals surface area contributed by atoms with E-state index in [-0.39, 0.29) is 11.6 Å². The van der Waals surface area contributed by atoms with Crippen molar-refractivity contribution in [1.82, 2.24) is 14.8 Å². The van der Waals surface area contributed by atoms with Gasteiger partial charge in [0.25, 0.3) is 0 Å². The highest BCUT2D eigenvalue weighted by Gasteiger charge is 2.05. The lowest BCUT2D eigenvalue weighted by molar-refractivity contribution is 0.622. The van der Waals surface area contributed by atoms with Crippen LogP contribution in [0.3, 0.4) is 0 Å². The van der Waals surface area contributed by atoms with Crippen LogP contribution in [0, 0.1) is 5.82 Å². The quantitative estimate of drug-likeness (QED) is 0.941. The molecule has 6 heteroatoms.